The van der Waals surface area contributed by atoms with Crippen LogP contribution in [0.5, 0.6) is 0 Å². The lowest BCUT2D eigenvalue weighted by atomic mass is 10.3. The molecule has 1 aromatic heterocycles. The zero-order valence-electron chi connectivity index (χ0n) is 7.63. The van der Waals surface area contributed by atoms with E-state index in [-0.39, 0.29) is 5.78 Å². The van der Waals surface area contributed by atoms with Crippen molar-refractivity contribution in [3.05, 3.63) is 21.9 Å². The molecule has 0 fully saturated rings. The van der Waals surface area contributed by atoms with E-state index in [2.05, 4.69) is 4.90 Å². The van der Waals surface area contributed by atoms with Crippen molar-refractivity contribution in [2.24, 2.45) is 0 Å². The van der Waals surface area contributed by atoms with Gasteiger partial charge in [-0.1, -0.05) is 0 Å². The molecule has 12 heavy (non-hydrogen) atoms. The highest BCUT2D eigenvalue weighted by atomic mass is 32.1. The molecule has 1 rings (SSSR count). The van der Waals surface area contributed by atoms with E-state index in [1.807, 2.05) is 26.2 Å². The van der Waals surface area contributed by atoms with E-state index in [1.165, 1.54) is 4.88 Å². The lowest BCUT2D eigenvalue weighted by Crippen LogP contribution is -2.09. The molecule has 0 amide bonds. The Morgan fingerprint density at radius 3 is 2.58 bits per heavy atom. The molecule has 0 atom stereocenters. The average Bonchev–Trinajstić information content (AvgIpc) is 2.34. The van der Waals surface area contributed by atoms with E-state index in [1.54, 1.807) is 18.3 Å². The minimum Gasteiger partial charge on any atom is -0.304 e. The second-order valence-electron chi connectivity index (χ2n) is 3.06. The van der Waals surface area contributed by atoms with Crippen LogP contribution in [-0.4, -0.2) is 24.8 Å². The molecule has 0 aliphatic heterocycles. The molecule has 0 spiro atoms. The third-order valence-electron chi connectivity index (χ3n) is 1.48. The van der Waals surface area contributed by atoms with E-state index < -0.39 is 0 Å². The number of thiophene rings is 1. The summed E-state index contributed by atoms with van der Waals surface area (Å²) in [4.78, 5) is 15.1. The van der Waals surface area contributed by atoms with Crippen LogP contribution in [0.15, 0.2) is 12.1 Å². The van der Waals surface area contributed by atoms with E-state index in [4.69, 9.17) is 0 Å². The molecule has 0 aliphatic carbocycles. The predicted molar refractivity (Wildman–Crippen MR) is 51.7 cm³/mol. The van der Waals surface area contributed by atoms with Gasteiger partial charge in [-0.25, -0.2) is 0 Å². The van der Waals surface area contributed by atoms with Crippen molar-refractivity contribution >= 4 is 17.1 Å². The van der Waals surface area contributed by atoms with E-state index in [0.717, 1.165) is 11.4 Å². The zero-order valence-corrected chi connectivity index (χ0v) is 8.44. The van der Waals surface area contributed by atoms with Gasteiger partial charge in [0.1, 0.15) is 0 Å². The largest absolute Gasteiger partial charge is 0.304 e. The second-order valence-corrected chi connectivity index (χ2v) is 4.23. The topological polar surface area (TPSA) is 20.3 Å². The molecule has 2 nitrogen and oxygen atoms in total. The molecule has 0 saturated heterocycles. The Bertz CT molecular complexity index is 278. The summed E-state index contributed by atoms with van der Waals surface area (Å²) in [6, 6.07) is 3.91. The van der Waals surface area contributed by atoms with Gasteiger partial charge in [0.15, 0.2) is 5.78 Å². The van der Waals surface area contributed by atoms with Gasteiger partial charge in [-0.15, -0.1) is 11.3 Å². The van der Waals surface area contributed by atoms with Crippen molar-refractivity contribution in [3.8, 4) is 0 Å². The summed E-state index contributed by atoms with van der Waals surface area (Å²) in [6.45, 7) is 2.52. The fraction of sp³-hybridized carbons (Fsp3) is 0.444. The predicted octanol–water partition coefficient (Wildman–Crippen LogP) is 2.01. The van der Waals surface area contributed by atoms with Crippen molar-refractivity contribution in [2.75, 3.05) is 14.1 Å². The van der Waals surface area contributed by atoms with Crippen LogP contribution in [0.1, 0.15) is 21.5 Å². The van der Waals surface area contributed by atoms with Crippen molar-refractivity contribution in [1.29, 1.82) is 0 Å². The van der Waals surface area contributed by atoms with Crippen LogP contribution in [0, 0.1) is 0 Å². The maximum Gasteiger partial charge on any atom is 0.169 e. The third kappa shape index (κ3) is 2.43. The van der Waals surface area contributed by atoms with Crippen LogP contribution in [-0.2, 0) is 6.54 Å². The number of Topliss-reactive ketones (excluding diaryl/α,β-unsaturated/α-hetero) is 1. The Balaban J connectivity index is 2.71. The molecule has 0 aliphatic rings. The lowest BCUT2D eigenvalue weighted by Gasteiger charge is -2.05. The quantitative estimate of drug-likeness (QED) is 0.668. The van der Waals surface area contributed by atoms with Gasteiger partial charge in [-0.05, 0) is 33.2 Å². The molecule has 3 heteroatoms. The highest BCUT2D eigenvalue weighted by molar-refractivity contribution is 7.14. The normalized spacial score (nSPS) is 10.7. The molecule has 0 aromatic carbocycles. The monoisotopic (exact) mass is 183 g/mol. The molecule has 1 heterocycles. The van der Waals surface area contributed by atoms with E-state index in [9.17, 15) is 4.79 Å². The van der Waals surface area contributed by atoms with E-state index >= 15 is 0 Å². The molecule has 0 saturated carbocycles. The van der Waals surface area contributed by atoms with Gasteiger partial charge in [-0.3, -0.25) is 4.79 Å². The minimum atomic E-state index is 0.157. The Morgan fingerprint density at radius 2 is 2.17 bits per heavy atom. The van der Waals surface area contributed by atoms with Crippen LogP contribution in [0.25, 0.3) is 0 Å². The summed E-state index contributed by atoms with van der Waals surface area (Å²) in [5.74, 6) is 0.157. The number of nitrogens with zero attached hydrogens (tertiary/aromatic N) is 1. The Kier molecular flexibility index (Phi) is 3.00. The average molecular weight is 183 g/mol. The number of carbonyl (C=O) groups excluding carboxylic acids is 1. The SMILES string of the molecule is CC(=O)c1ccc(CN(C)C)s1. The highest BCUT2D eigenvalue weighted by Gasteiger charge is 2.04. The van der Waals surface area contributed by atoms with Crippen molar-refractivity contribution in [3.63, 3.8) is 0 Å². The highest BCUT2D eigenvalue weighted by Crippen LogP contribution is 2.17. The molecular weight excluding hydrogens is 170 g/mol. The van der Waals surface area contributed by atoms with Gasteiger partial charge in [0.05, 0.1) is 4.88 Å². The summed E-state index contributed by atoms with van der Waals surface area (Å²) < 4.78 is 0. The number of carbonyl (C=O) groups is 1. The summed E-state index contributed by atoms with van der Waals surface area (Å²) in [6.07, 6.45) is 0. The van der Waals surface area contributed by atoms with Crippen LogP contribution in [0.4, 0.5) is 0 Å². The molecule has 0 N–H and O–H groups in total. The smallest absolute Gasteiger partial charge is 0.169 e. The standard InChI is InChI=1S/C9H13NOS/c1-7(11)9-5-4-8(12-9)6-10(2)3/h4-5H,6H2,1-3H3. The number of hydrogen-bond acceptors (Lipinski definition) is 3. The maximum absolute atomic E-state index is 10.9. The first-order chi connectivity index (χ1) is 5.59. The second kappa shape index (κ2) is 3.83. The van der Waals surface area contributed by atoms with Crippen molar-refractivity contribution in [2.45, 2.75) is 13.5 Å². The Hall–Kier alpha value is -0.670. The van der Waals surface area contributed by atoms with Gasteiger partial charge in [0, 0.05) is 11.4 Å². The first-order valence-electron chi connectivity index (χ1n) is 3.84. The van der Waals surface area contributed by atoms with Gasteiger partial charge in [0.25, 0.3) is 0 Å². The number of ketones is 1. The number of hydrogen-bond donors (Lipinski definition) is 0. The maximum atomic E-state index is 10.9. The first-order valence-corrected chi connectivity index (χ1v) is 4.65. The van der Waals surface area contributed by atoms with Crippen molar-refractivity contribution in [1.82, 2.24) is 4.90 Å². The molecule has 0 unspecified atom stereocenters. The molecular formula is C9H13NOS. The number of rotatable bonds is 3. The zero-order chi connectivity index (χ0) is 9.14. The van der Waals surface area contributed by atoms with E-state index in [0.29, 0.717) is 0 Å². The van der Waals surface area contributed by atoms with Crippen LogP contribution in [0.3, 0.4) is 0 Å². The molecule has 66 valence electrons. The van der Waals surface area contributed by atoms with Crippen LogP contribution >= 0.6 is 11.3 Å². The first kappa shape index (κ1) is 9.42. The summed E-state index contributed by atoms with van der Waals surface area (Å²) in [5.41, 5.74) is 0. The summed E-state index contributed by atoms with van der Waals surface area (Å²) >= 11 is 1.58. The summed E-state index contributed by atoms with van der Waals surface area (Å²) in [7, 11) is 4.04. The molecule has 0 bridgehead atoms. The van der Waals surface area contributed by atoms with Gasteiger partial charge in [0.2, 0.25) is 0 Å². The van der Waals surface area contributed by atoms with Crippen LogP contribution < -0.4 is 0 Å². The van der Waals surface area contributed by atoms with Gasteiger partial charge >= 0.3 is 0 Å². The fourth-order valence-corrected chi connectivity index (χ4v) is 1.98. The fourth-order valence-electron chi connectivity index (χ4n) is 0.964. The molecule has 0 radical (unpaired) electrons. The Labute approximate surface area is 76.8 Å². The molecule has 1 aromatic rings. The third-order valence-corrected chi connectivity index (χ3v) is 2.65. The Morgan fingerprint density at radius 1 is 1.50 bits per heavy atom. The lowest BCUT2D eigenvalue weighted by molar-refractivity contribution is 0.102. The van der Waals surface area contributed by atoms with Gasteiger partial charge in [-0.2, -0.15) is 0 Å². The minimum absolute atomic E-state index is 0.157. The van der Waals surface area contributed by atoms with Gasteiger partial charge < -0.3 is 4.90 Å². The summed E-state index contributed by atoms with van der Waals surface area (Å²) in [5, 5.41) is 0. The van der Waals surface area contributed by atoms with Crippen LogP contribution in [0.2, 0.25) is 0 Å². The van der Waals surface area contributed by atoms with Crippen molar-refractivity contribution < 1.29 is 4.79 Å².